The first kappa shape index (κ1) is 10.8. The van der Waals surface area contributed by atoms with Crippen LogP contribution in [0.2, 0.25) is 0 Å². The van der Waals surface area contributed by atoms with Crippen molar-refractivity contribution in [3.63, 3.8) is 0 Å². The average molecular weight is 199 g/mol. The van der Waals surface area contributed by atoms with Gasteiger partial charge in [-0.2, -0.15) is 0 Å². The van der Waals surface area contributed by atoms with Gasteiger partial charge in [0.15, 0.2) is 0 Å². The van der Waals surface area contributed by atoms with Crippen molar-refractivity contribution in [2.24, 2.45) is 11.3 Å². The molecular weight excluding hydrogens is 180 g/mol. The highest BCUT2D eigenvalue weighted by Crippen LogP contribution is 2.40. The third-order valence-corrected chi connectivity index (χ3v) is 2.86. The smallest absolute Gasteiger partial charge is 0.0189 e. The third-order valence-electron chi connectivity index (χ3n) is 2.60. The first-order chi connectivity index (χ1) is 5.82. The van der Waals surface area contributed by atoms with Gasteiger partial charge < -0.3 is 0 Å². The predicted octanol–water partition coefficient (Wildman–Crippen LogP) is 4.51. The zero-order chi connectivity index (χ0) is 10.2. The largest absolute Gasteiger partial charge is 0.0891 e. The maximum absolute atomic E-state index is 6.05. The molecule has 0 aliphatic heterocycles. The Balaban J connectivity index is 3.12. The first-order valence-electron chi connectivity index (χ1n) is 4.89. The molecule has 1 atom stereocenters. The van der Waals surface area contributed by atoms with Gasteiger partial charge >= 0.3 is 0 Å². The fraction of sp³-hybridized carbons (Fsp3) is 0.667. The predicted molar refractivity (Wildman–Crippen MR) is 59.9 cm³/mol. The van der Waals surface area contributed by atoms with E-state index in [-0.39, 0.29) is 5.41 Å². The number of rotatable bonds is 0. The molecule has 74 valence electrons. The van der Waals surface area contributed by atoms with Crippen LogP contribution in [0.15, 0.2) is 22.3 Å². The van der Waals surface area contributed by atoms with E-state index in [1.165, 1.54) is 5.57 Å². The molecule has 0 heterocycles. The zero-order valence-electron chi connectivity index (χ0n) is 9.24. The molecule has 0 radical (unpaired) electrons. The maximum atomic E-state index is 6.05. The molecule has 0 aromatic rings. The fourth-order valence-corrected chi connectivity index (χ4v) is 2.88. The summed E-state index contributed by atoms with van der Waals surface area (Å²) in [6.07, 6.45) is 3.12. The van der Waals surface area contributed by atoms with E-state index in [0.29, 0.717) is 5.92 Å². The molecule has 0 saturated carbocycles. The van der Waals surface area contributed by atoms with Crippen molar-refractivity contribution in [2.45, 2.75) is 41.0 Å². The monoisotopic (exact) mass is 198 g/mol. The summed E-state index contributed by atoms with van der Waals surface area (Å²) in [7, 11) is 0. The van der Waals surface area contributed by atoms with Gasteiger partial charge in [0.2, 0.25) is 0 Å². The van der Waals surface area contributed by atoms with E-state index in [1.807, 2.05) is 0 Å². The molecule has 0 N–H and O–H groups in total. The van der Waals surface area contributed by atoms with Crippen LogP contribution in [-0.4, -0.2) is 0 Å². The van der Waals surface area contributed by atoms with E-state index >= 15 is 0 Å². The van der Waals surface area contributed by atoms with Gasteiger partial charge in [0, 0.05) is 5.03 Å². The summed E-state index contributed by atoms with van der Waals surface area (Å²) in [5.74, 6) is 0.595. The molecule has 0 saturated heterocycles. The van der Waals surface area contributed by atoms with Crippen LogP contribution in [0.5, 0.6) is 0 Å². The Bertz CT molecular complexity index is 263. The van der Waals surface area contributed by atoms with Crippen molar-refractivity contribution in [3.8, 4) is 0 Å². The van der Waals surface area contributed by atoms with Crippen LogP contribution < -0.4 is 0 Å². The van der Waals surface area contributed by atoms with Crippen molar-refractivity contribution in [1.29, 1.82) is 0 Å². The number of hydrogen-bond acceptors (Lipinski definition) is 0. The van der Waals surface area contributed by atoms with E-state index in [4.69, 9.17) is 11.6 Å². The van der Waals surface area contributed by atoms with Crippen LogP contribution >= 0.6 is 11.6 Å². The van der Waals surface area contributed by atoms with E-state index in [0.717, 1.165) is 11.5 Å². The van der Waals surface area contributed by atoms with E-state index in [9.17, 15) is 0 Å². The van der Waals surface area contributed by atoms with Gasteiger partial charge in [-0.25, -0.2) is 0 Å². The Morgan fingerprint density at radius 1 is 1.38 bits per heavy atom. The topological polar surface area (TPSA) is 0 Å². The lowest BCUT2D eigenvalue weighted by atomic mass is 9.74. The average Bonchev–Trinajstić information content (AvgIpc) is 1.78. The molecule has 1 heteroatoms. The van der Waals surface area contributed by atoms with Gasteiger partial charge in [-0.15, -0.1) is 0 Å². The van der Waals surface area contributed by atoms with Crippen LogP contribution in [0, 0.1) is 11.3 Å². The fourth-order valence-electron chi connectivity index (χ4n) is 2.49. The minimum absolute atomic E-state index is 0.275. The lowest BCUT2D eigenvalue weighted by Gasteiger charge is -2.32. The molecule has 0 amide bonds. The van der Waals surface area contributed by atoms with Gasteiger partial charge in [0.25, 0.3) is 0 Å². The Labute approximate surface area is 86.7 Å². The SMILES string of the molecule is CC1=C(C(C)(C)C)C(C)CC(Cl)=C1. The lowest BCUT2D eigenvalue weighted by molar-refractivity contribution is 0.427. The summed E-state index contributed by atoms with van der Waals surface area (Å²) in [6.45, 7) is 11.2. The van der Waals surface area contributed by atoms with Crippen LogP contribution in [0.25, 0.3) is 0 Å². The van der Waals surface area contributed by atoms with Gasteiger partial charge in [-0.05, 0) is 36.3 Å². The highest BCUT2D eigenvalue weighted by Gasteiger charge is 2.26. The second kappa shape index (κ2) is 3.49. The molecule has 0 aromatic carbocycles. The van der Waals surface area contributed by atoms with Crippen LogP contribution in [0.1, 0.15) is 41.0 Å². The van der Waals surface area contributed by atoms with Crippen LogP contribution in [0.3, 0.4) is 0 Å². The zero-order valence-corrected chi connectivity index (χ0v) is 10.00. The molecule has 0 spiro atoms. The van der Waals surface area contributed by atoms with E-state index < -0.39 is 0 Å². The Hall–Kier alpha value is -0.230. The molecule has 0 aromatic heterocycles. The summed E-state index contributed by atoms with van der Waals surface area (Å²) in [4.78, 5) is 0. The molecule has 1 aliphatic carbocycles. The maximum Gasteiger partial charge on any atom is 0.0189 e. The molecular formula is C12H19Cl. The number of hydrogen-bond donors (Lipinski definition) is 0. The first-order valence-corrected chi connectivity index (χ1v) is 5.27. The normalized spacial score (nSPS) is 24.8. The highest BCUT2D eigenvalue weighted by atomic mass is 35.5. The second-order valence-electron chi connectivity index (χ2n) is 5.04. The molecule has 13 heavy (non-hydrogen) atoms. The molecule has 0 bridgehead atoms. The number of halogens is 1. The highest BCUT2D eigenvalue weighted by molar-refractivity contribution is 6.29. The van der Waals surface area contributed by atoms with E-state index in [1.54, 1.807) is 5.57 Å². The molecule has 0 nitrogen and oxygen atoms in total. The number of allylic oxidation sites excluding steroid dienone is 4. The Kier molecular flexibility index (Phi) is 2.91. The minimum atomic E-state index is 0.275. The van der Waals surface area contributed by atoms with Gasteiger partial charge in [0.1, 0.15) is 0 Å². The van der Waals surface area contributed by atoms with Crippen molar-refractivity contribution in [1.82, 2.24) is 0 Å². The Morgan fingerprint density at radius 2 is 1.92 bits per heavy atom. The van der Waals surface area contributed by atoms with Crippen LogP contribution in [0.4, 0.5) is 0 Å². The minimum Gasteiger partial charge on any atom is -0.0891 e. The third kappa shape index (κ3) is 2.37. The quantitative estimate of drug-likeness (QED) is 0.537. The summed E-state index contributed by atoms with van der Waals surface area (Å²) >= 11 is 6.05. The summed E-state index contributed by atoms with van der Waals surface area (Å²) in [5.41, 5.74) is 3.19. The van der Waals surface area contributed by atoms with Crippen molar-refractivity contribution >= 4 is 11.6 Å². The van der Waals surface area contributed by atoms with Gasteiger partial charge in [-0.1, -0.05) is 44.9 Å². The molecule has 1 rings (SSSR count). The van der Waals surface area contributed by atoms with Crippen molar-refractivity contribution in [2.75, 3.05) is 0 Å². The lowest BCUT2D eigenvalue weighted by Crippen LogP contribution is -2.20. The summed E-state index contributed by atoms with van der Waals surface area (Å²) in [5, 5.41) is 0.998. The molecule has 0 fully saturated rings. The standard InChI is InChI=1S/C12H19Cl/c1-8-6-10(13)7-9(2)11(8)12(3,4)5/h6,9H,7H2,1-5H3. The second-order valence-corrected chi connectivity index (χ2v) is 5.53. The molecule has 1 aliphatic rings. The summed E-state index contributed by atoms with van der Waals surface area (Å²) in [6, 6.07) is 0. The van der Waals surface area contributed by atoms with E-state index in [2.05, 4.69) is 40.7 Å². The summed E-state index contributed by atoms with van der Waals surface area (Å²) < 4.78 is 0. The molecule has 1 unspecified atom stereocenters. The van der Waals surface area contributed by atoms with Crippen molar-refractivity contribution < 1.29 is 0 Å². The Morgan fingerprint density at radius 3 is 2.31 bits per heavy atom. The van der Waals surface area contributed by atoms with Gasteiger partial charge in [-0.3, -0.25) is 0 Å². The van der Waals surface area contributed by atoms with Gasteiger partial charge in [0.05, 0.1) is 0 Å². The van der Waals surface area contributed by atoms with Crippen LogP contribution in [-0.2, 0) is 0 Å². The van der Waals surface area contributed by atoms with Crippen molar-refractivity contribution in [3.05, 3.63) is 22.3 Å².